The highest BCUT2D eigenvalue weighted by atomic mass is 32.2. The van der Waals surface area contributed by atoms with Crippen molar-refractivity contribution in [2.45, 2.75) is 99.8 Å². The first-order chi connectivity index (χ1) is 32.8. The Hall–Kier alpha value is -5.75. The third kappa shape index (κ3) is 8.45. The number of ether oxygens (including phenoxy) is 2. The van der Waals surface area contributed by atoms with E-state index in [1.165, 1.54) is 49.2 Å². The van der Waals surface area contributed by atoms with Crippen LogP contribution in [0.5, 0.6) is 11.5 Å². The Morgan fingerprint density at radius 1 is 0.971 bits per heavy atom. The molecule has 6 aromatic rings. The lowest BCUT2D eigenvalue weighted by molar-refractivity contribution is -0.0832. The lowest BCUT2D eigenvalue weighted by Crippen LogP contribution is -2.55. The van der Waals surface area contributed by atoms with Crippen molar-refractivity contribution in [3.05, 3.63) is 96.1 Å². The lowest BCUT2D eigenvalue weighted by Gasteiger charge is -2.56. The highest BCUT2D eigenvalue weighted by molar-refractivity contribution is 7.90. The van der Waals surface area contributed by atoms with E-state index < -0.39 is 21.6 Å². The molecule has 358 valence electrons. The van der Waals surface area contributed by atoms with Gasteiger partial charge in [-0.3, -0.25) is 14.6 Å². The number of rotatable bonds is 13. The van der Waals surface area contributed by atoms with Crippen LogP contribution < -0.4 is 25.4 Å². The van der Waals surface area contributed by atoms with Crippen LogP contribution in [0.2, 0.25) is 0 Å². The summed E-state index contributed by atoms with van der Waals surface area (Å²) in [5, 5.41) is 3.97. The molecule has 11 rings (SSSR count). The number of nitrogens with two attached hydrogens (primary N) is 1. The molecule has 17 heteroatoms. The number of nitrogens with one attached hydrogen (secondary N) is 4. The number of pyridine rings is 1. The number of nitrogens with zero attached hydrogens (tertiary/aromatic N) is 5. The van der Waals surface area contributed by atoms with Crippen molar-refractivity contribution in [3.8, 4) is 11.5 Å². The molecule has 6 N–H and O–H groups in total. The molecule has 4 saturated heterocycles. The molecule has 1 aliphatic carbocycles. The number of piperidine rings is 2. The number of fused-ring (bicyclic) bond motifs is 2. The van der Waals surface area contributed by atoms with Crippen molar-refractivity contribution in [1.29, 1.82) is 0 Å². The molecule has 68 heavy (non-hydrogen) atoms. The van der Waals surface area contributed by atoms with Crippen molar-refractivity contribution in [2.24, 2.45) is 5.41 Å². The van der Waals surface area contributed by atoms with Crippen molar-refractivity contribution < 1.29 is 27.1 Å². The number of H-pyrrole nitrogens is 2. The molecule has 5 aliphatic rings. The summed E-state index contributed by atoms with van der Waals surface area (Å²) in [5.74, 6) is 0.190. The normalized spacial score (nSPS) is 21.4. The van der Waals surface area contributed by atoms with Crippen molar-refractivity contribution >= 4 is 55.1 Å². The zero-order valence-electron chi connectivity index (χ0n) is 38.8. The number of hydrogen-bond donors (Lipinski definition) is 5. The number of amides is 1. The summed E-state index contributed by atoms with van der Waals surface area (Å²) in [5.41, 5.74) is 10.7. The first kappa shape index (κ1) is 44.7. The third-order valence-corrected chi connectivity index (χ3v) is 17.1. The van der Waals surface area contributed by atoms with Gasteiger partial charge in [-0.15, -0.1) is 0 Å². The number of hydrogen-bond acceptors (Lipinski definition) is 12. The maximum Gasteiger partial charge on any atom is 0.268 e. The zero-order chi connectivity index (χ0) is 46.8. The number of aromatic amines is 2. The average Bonchev–Trinajstić information content (AvgIpc) is 4.10. The molecular weight excluding hydrogens is 884 g/mol. The Morgan fingerprint density at radius 3 is 2.53 bits per heavy atom. The number of likely N-dealkylation sites (tertiary alicyclic amines) is 2. The number of carbonyl (C=O) groups excluding carboxylic acids is 1. The molecular formula is C51H61FN10O5S. The van der Waals surface area contributed by atoms with E-state index in [-0.39, 0.29) is 34.0 Å². The number of imidazole rings is 1. The minimum atomic E-state index is -4.56. The van der Waals surface area contributed by atoms with Gasteiger partial charge in [-0.1, -0.05) is 38.1 Å². The van der Waals surface area contributed by atoms with Gasteiger partial charge in [0.25, 0.3) is 15.9 Å². The van der Waals surface area contributed by atoms with Crippen LogP contribution in [0.4, 0.5) is 21.5 Å². The molecule has 0 radical (unpaired) electrons. The van der Waals surface area contributed by atoms with Gasteiger partial charge >= 0.3 is 0 Å². The van der Waals surface area contributed by atoms with E-state index in [1.54, 1.807) is 18.5 Å². The number of carbonyl (C=O) groups is 1. The largest absolute Gasteiger partial charge is 0.455 e. The smallest absolute Gasteiger partial charge is 0.268 e. The number of anilines is 3. The highest BCUT2D eigenvalue weighted by Crippen LogP contribution is 2.54. The zero-order valence-corrected chi connectivity index (χ0v) is 39.6. The van der Waals surface area contributed by atoms with Crippen LogP contribution in [0.15, 0.2) is 84.3 Å². The summed E-state index contributed by atoms with van der Waals surface area (Å²) in [4.78, 5) is 36.2. The fourth-order valence-electron chi connectivity index (χ4n) is 11.7. The second-order valence-corrected chi connectivity index (χ2v) is 21.9. The molecule has 3 aromatic heterocycles. The Morgan fingerprint density at radius 2 is 1.76 bits per heavy atom. The van der Waals surface area contributed by atoms with Gasteiger partial charge in [-0.25, -0.2) is 27.5 Å². The van der Waals surface area contributed by atoms with Crippen LogP contribution in [0.25, 0.3) is 22.1 Å². The minimum Gasteiger partial charge on any atom is -0.455 e. The van der Waals surface area contributed by atoms with E-state index in [2.05, 4.69) is 82.8 Å². The molecule has 1 amide bonds. The van der Waals surface area contributed by atoms with E-state index in [1.807, 2.05) is 24.3 Å². The molecule has 15 nitrogen and oxygen atoms in total. The van der Waals surface area contributed by atoms with Crippen LogP contribution in [-0.4, -0.2) is 114 Å². The number of benzene rings is 3. The van der Waals surface area contributed by atoms with Crippen molar-refractivity contribution in [1.82, 2.24) is 34.5 Å². The van der Waals surface area contributed by atoms with Gasteiger partial charge in [-0.05, 0) is 111 Å². The van der Waals surface area contributed by atoms with E-state index in [9.17, 15) is 13.2 Å². The standard InChI is InChI=1S/C51H61FN10O5S/c1-32(2)38-6-3-4-7-39(38)42-8-5-17-62(42)35-25-50(26-35)12-18-60(19-13-50)34-9-10-40(43(23-34)67-37-22-33-11-16-54-48(33)55-27-37)49(63)59-68(64,65)44-24-41(53)45(47-46(44)57-31-58-47)56-30-51(52)14-20-61(21-15-51)36-28-66-29-36/h3-4,6-7,9-11,16,22-24,27,31-32,35-36,42,56H,5,8,12-15,17-21,25-26,28-30,53H2,1-2H3,(H,54,55)(H,57,58)(H,59,63)/t42-/m0/s1. The van der Waals surface area contributed by atoms with Gasteiger partial charge in [0.2, 0.25) is 0 Å². The van der Waals surface area contributed by atoms with E-state index in [0.717, 1.165) is 43.5 Å². The Kier molecular flexibility index (Phi) is 11.6. The highest BCUT2D eigenvalue weighted by Gasteiger charge is 2.50. The summed E-state index contributed by atoms with van der Waals surface area (Å²) in [7, 11) is -4.56. The fraction of sp³-hybridized carbons (Fsp3) is 0.471. The van der Waals surface area contributed by atoms with Crippen LogP contribution in [-0.2, 0) is 14.8 Å². The maximum atomic E-state index is 16.0. The van der Waals surface area contributed by atoms with Crippen LogP contribution in [0.3, 0.4) is 0 Å². The lowest BCUT2D eigenvalue weighted by atomic mass is 9.59. The third-order valence-electron chi connectivity index (χ3n) is 15.7. The van der Waals surface area contributed by atoms with Gasteiger partial charge < -0.3 is 35.4 Å². The first-order valence-electron chi connectivity index (χ1n) is 24.3. The molecule has 0 bridgehead atoms. The van der Waals surface area contributed by atoms with Gasteiger partial charge in [-0.2, -0.15) is 0 Å². The van der Waals surface area contributed by atoms with Gasteiger partial charge in [0, 0.05) is 68.1 Å². The molecule has 4 aliphatic heterocycles. The van der Waals surface area contributed by atoms with Crippen LogP contribution in [0.1, 0.15) is 98.7 Å². The van der Waals surface area contributed by atoms with Crippen molar-refractivity contribution in [3.63, 3.8) is 0 Å². The van der Waals surface area contributed by atoms with Crippen molar-refractivity contribution in [2.75, 3.05) is 68.4 Å². The Balaban J connectivity index is 0.793. The fourth-order valence-corrected chi connectivity index (χ4v) is 12.8. The molecule has 7 heterocycles. The molecule has 1 saturated carbocycles. The number of aromatic nitrogens is 4. The predicted molar refractivity (Wildman–Crippen MR) is 262 cm³/mol. The average molecular weight is 945 g/mol. The Bertz CT molecular complexity index is 2950. The second kappa shape index (κ2) is 17.6. The number of nitrogen functional groups attached to an aromatic ring is 1. The number of alkyl halides is 1. The molecule has 1 spiro atoms. The molecule has 1 atom stereocenters. The molecule has 0 unspecified atom stereocenters. The predicted octanol–water partition coefficient (Wildman–Crippen LogP) is 8.26. The molecule has 5 fully saturated rings. The minimum absolute atomic E-state index is 0.0130. The van der Waals surface area contributed by atoms with Crippen LogP contribution in [0, 0.1) is 5.41 Å². The summed E-state index contributed by atoms with van der Waals surface area (Å²) in [6.07, 6.45) is 12.4. The summed E-state index contributed by atoms with van der Waals surface area (Å²) in [6, 6.07) is 20.7. The van der Waals surface area contributed by atoms with E-state index >= 15 is 4.39 Å². The van der Waals surface area contributed by atoms with E-state index in [4.69, 9.17) is 15.2 Å². The maximum absolute atomic E-state index is 16.0. The Labute approximate surface area is 396 Å². The summed E-state index contributed by atoms with van der Waals surface area (Å²) < 4.78 is 58.5. The van der Waals surface area contributed by atoms with Gasteiger partial charge in [0.1, 0.15) is 33.2 Å². The summed E-state index contributed by atoms with van der Waals surface area (Å²) in [6.45, 7) is 10.1. The quantitative estimate of drug-likeness (QED) is 0.0700. The van der Waals surface area contributed by atoms with E-state index in [0.29, 0.717) is 91.2 Å². The second-order valence-electron chi connectivity index (χ2n) is 20.2. The molecule has 3 aromatic carbocycles. The van der Waals surface area contributed by atoms with Crippen LogP contribution >= 0.6 is 0 Å². The summed E-state index contributed by atoms with van der Waals surface area (Å²) >= 11 is 0. The SMILES string of the molecule is CC(C)c1ccccc1[C@@H]1CCCN1C1CC2(CCN(c3ccc(C(=O)NS(=O)(=O)c4cc(N)c(NCC5(F)CCN(C6COC6)CC5)c5[nH]cnc45)c(Oc4cnc5[nH]ccc5c4)c3)CC2)C1. The van der Waals surface area contributed by atoms with Gasteiger partial charge in [0.05, 0.1) is 54.2 Å². The number of halogens is 1. The topological polar surface area (TPSA) is 187 Å². The van der Waals surface area contributed by atoms with Gasteiger partial charge in [0.15, 0.2) is 0 Å². The first-order valence-corrected chi connectivity index (χ1v) is 25.7. The monoisotopic (exact) mass is 944 g/mol. The number of sulfonamides is 1.